The molecule has 3 N–H and O–H groups in total. The number of nitrogens with one attached hydrogen (secondary N) is 1. The minimum absolute atomic E-state index is 0.0955. The van der Waals surface area contributed by atoms with Gasteiger partial charge in [-0.1, -0.05) is 18.2 Å². The van der Waals surface area contributed by atoms with Crippen LogP contribution in [0.15, 0.2) is 49.1 Å². The number of hydrogen-bond acceptors (Lipinski definition) is 4. The number of carbonyl (C=O) groups excluding carboxylic acids is 1. The maximum atomic E-state index is 12.6. The molecule has 0 saturated heterocycles. The normalized spacial score (nSPS) is 11.8. The summed E-state index contributed by atoms with van der Waals surface area (Å²) in [4.78, 5) is 15.2. The predicted molar refractivity (Wildman–Crippen MR) is 94.1 cm³/mol. The number of nitrogens with zero attached hydrogens (tertiary/aromatic N) is 2. The molecule has 0 bridgehead atoms. The minimum Gasteiger partial charge on any atom is -0.418 e. The molecule has 0 saturated carbocycles. The standard InChI is InChI=1S/C18H13F3N4O2/c19-18(20,21)17(26)27-15-13-3-1-11(5-7-25-8-6-24-10-25)9-12(13)2-4-14(15)16(22)23/h1-10H,(H3,22,23)/b7-5+. The van der Waals surface area contributed by atoms with Gasteiger partial charge in [0.05, 0.1) is 11.9 Å². The molecule has 9 heteroatoms. The lowest BCUT2D eigenvalue weighted by Gasteiger charge is -2.14. The number of aromatic nitrogens is 2. The predicted octanol–water partition coefficient (Wildman–Crippen LogP) is 3.42. The lowest BCUT2D eigenvalue weighted by atomic mass is 10.0. The number of rotatable bonds is 4. The van der Waals surface area contributed by atoms with E-state index in [-0.39, 0.29) is 10.9 Å². The molecule has 6 nitrogen and oxygen atoms in total. The zero-order valence-corrected chi connectivity index (χ0v) is 13.7. The highest BCUT2D eigenvalue weighted by atomic mass is 19.4. The van der Waals surface area contributed by atoms with E-state index in [0.717, 1.165) is 5.56 Å². The fourth-order valence-electron chi connectivity index (χ4n) is 2.43. The topological polar surface area (TPSA) is 94.0 Å². The van der Waals surface area contributed by atoms with Crippen molar-refractivity contribution in [1.29, 1.82) is 5.41 Å². The van der Waals surface area contributed by atoms with Gasteiger partial charge in [0, 0.05) is 24.0 Å². The zero-order valence-electron chi connectivity index (χ0n) is 13.7. The number of hydrogen-bond donors (Lipinski definition) is 2. The van der Waals surface area contributed by atoms with E-state index >= 15 is 0 Å². The van der Waals surface area contributed by atoms with E-state index in [1.54, 1.807) is 53.8 Å². The third kappa shape index (κ3) is 3.97. The summed E-state index contributed by atoms with van der Waals surface area (Å²) in [7, 11) is 0. The van der Waals surface area contributed by atoms with Gasteiger partial charge in [-0.15, -0.1) is 0 Å². The third-order valence-corrected chi connectivity index (χ3v) is 3.67. The molecule has 138 valence electrons. The third-order valence-electron chi connectivity index (χ3n) is 3.67. The zero-order chi connectivity index (χ0) is 19.6. The molecule has 0 radical (unpaired) electrons. The number of fused-ring (bicyclic) bond motifs is 1. The Bertz CT molecular complexity index is 1040. The highest BCUT2D eigenvalue weighted by Crippen LogP contribution is 2.32. The maximum Gasteiger partial charge on any atom is 0.491 e. The van der Waals surface area contributed by atoms with E-state index in [4.69, 9.17) is 11.1 Å². The summed E-state index contributed by atoms with van der Waals surface area (Å²) >= 11 is 0. The number of alkyl halides is 3. The van der Waals surface area contributed by atoms with E-state index in [0.29, 0.717) is 5.39 Å². The number of ether oxygens (including phenoxy) is 1. The summed E-state index contributed by atoms with van der Waals surface area (Å²) in [6.07, 6.45) is 3.33. The average molecular weight is 374 g/mol. The number of imidazole rings is 1. The van der Waals surface area contributed by atoms with Gasteiger partial charge in [0.1, 0.15) is 11.6 Å². The molecule has 0 fully saturated rings. The SMILES string of the molecule is N=C(N)c1ccc2cc(/C=C/n3ccnc3)ccc2c1OC(=O)C(F)(F)F. The van der Waals surface area contributed by atoms with Crippen LogP contribution in [0.4, 0.5) is 13.2 Å². The van der Waals surface area contributed by atoms with E-state index in [9.17, 15) is 18.0 Å². The first-order chi connectivity index (χ1) is 12.8. The summed E-state index contributed by atoms with van der Waals surface area (Å²) in [6, 6.07) is 7.79. The second-order valence-electron chi connectivity index (χ2n) is 5.55. The van der Waals surface area contributed by atoms with E-state index < -0.39 is 23.7 Å². The molecule has 0 atom stereocenters. The van der Waals surface area contributed by atoms with Crippen molar-refractivity contribution in [3.8, 4) is 5.75 Å². The molecule has 27 heavy (non-hydrogen) atoms. The fraction of sp³-hybridized carbons (Fsp3) is 0.0556. The Morgan fingerprint density at radius 2 is 2.04 bits per heavy atom. The van der Waals surface area contributed by atoms with Crippen molar-refractivity contribution in [3.63, 3.8) is 0 Å². The smallest absolute Gasteiger partial charge is 0.418 e. The monoisotopic (exact) mass is 374 g/mol. The van der Waals surface area contributed by atoms with Gasteiger partial charge in [0.15, 0.2) is 0 Å². The number of esters is 1. The Labute approximate surface area is 151 Å². The molecule has 0 aliphatic rings. The van der Waals surface area contributed by atoms with Gasteiger partial charge in [-0.05, 0) is 29.2 Å². The van der Waals surface area contributed by atoms with Gasteiger partial charge in [-0.3, -0.25) is 5.41 Å². The fourth-order valence-corrected chi connectivity index (χ4v) is 2.43. The van der Waals surface area contributed by atoms with Gasteiger partial charge in [0.25, 0.3) is 0 Å². The van der Waals surface area contributed by atoms with E-state index in [1.807, 2.05) is 0 Å². The first kappa shape index (κ1) is 18.2. The lowest BCUT2D eigenvalue weighted by molar-refractivity contribution is -0.189. The van der Waals surface area contributed by atoms with E-state index in [2.05, 4.69) is 9.72 Å². The summed E-state index contributed by atoms with van der Waals surface area (Å²) in [6.45, 7) is 0. The van der Waals surface area contributed by atoms with Gasteiger partial charge in [0.2, 0.25) is 0 Å². The van der Waals surface area contributed by atoms with Gasteiger partial charge >= 0.3 is 12.1 Å². The largest absolute Gasteiger partial charge is 0.491 e. The molecule has 0 amide bonds. The first-order valence-corrected chi connectivity index (χ1v) is 7.61. The van der Waals surface area contributed by atoms with Crippen LogP contribution < -0.4 is 10.5 Å². The minimum atomic E-state index is -5.16. The molecule has 3 rings (SSSR count). The van der Waals surface area contributed by atoms with Crippen molar-refractivity contribution in [1.82, 2.24) is 9.55 Å². The molecule has 1 heterocycles. The van der Waals surface area contributed by atoms with Crippen molar-refractivity contribution < 1.29 is 22.7 Å². The second kappa shape index (κ2) is 6.94. The molecule has 0 spiro atoms. The number of amidine groups is 1. The molecule has 0 unspecified atom stereocenters. The van der Waals surface area contributed by atoms with Crippen molar-refractivity contribution in [2.45, 2.75) is 6.18 Å². The Morgan fingerprint density at radius 1 is 1.26 bits per heavy atom. The molecule has 2 aromatic carbocycles. The number of nitrogen functional groups attached to an aromatic ring is 1. The molecular weight excluding hydrogens is 361 g/mol. The number of benzene rings is 2. The van der Waals surface area contributed by atoms with Crippen LogP contribution in [-0.2, 0) is 4.79 Å². The Morgan fingerprint density at radius 3 is 2.67 bits per heavy atom. The second-order valence-corrected chi connectivity index (χ2v) is 5.55. The highest BCUT2D eigenvalue weighted by Gasteiger charge is 2.42. The van der Waals surface area contributed by atoms with Gasteiger partial charge < -0.3 is 15.0 Å². The van der Waals surface area contributed by atoms with Crippen molar-refractivity contribution in [3.05, 3.63) is 60.2 Å². The summed E-state index contributed by atoms with van der Waals surface area (Å²) in [5.74, 6) is -3.28. The Kier molecular flexibility index (Phi) is 4.68. The Hall–Kier alpha value is -3.62. The number of halogens is 3. The van der Waals surface area contributed by atoms with Crippen LogP contribution >= 0.6 is 0 Å². The lowest BCUT2D eigenvalue weighted by Crippen LogP contribution is -2.29. The first-order valence-electron chi connectivity index (χ1n) is 7.61. The van der Waals surface area contributed by atoms with Crippen molar-refractivity contribution >= 4 is 34.9 Å². The van der Waals surface area contributed by atoms with Crippen LogP contribution in [0.3, 0.4) is 0 Å². The molecule has 3 aromatic rings. The van der Waals surface area contributed by atoms with Crippen LogP contribution in [0.1, 0.15) is 11.1 Å². The average Bonchev–Trinajstić information content (AvgIpc) is 3.12. The summed E-state index contributed by atoms with van der Waals surface area (Å²) < 4.78 is 44.0. The van der Waals surface area contributed by atoms with Crippen molar-refractivity contribution in [2.24, 2.45) is 5.73 Å². The summed E-state index contributed by atoms with van der Waals surface area (Å²) in [5.41, 5.74) is 6.08. The van der Waals surface area contributed by atoms with Crippen molar-refractivity contribution in [2.75, 3.05) is 0 Å². The Balaban J connectivity index is 2.04. The quantitative estimate of drug-likeness (QED) is 0.317. The van der Waals surface area contributed by atoms with Crippen LogP contribution in [0.5, 0.6) is 5.75 Å². The van der Waals surface area contributed by atoms with Gasteiger partial charge in [-0.2, -0.15) is 13.2 Å². The van der Waals surface area contributed by atoms with Crippen LogP contribution in [0.25, 0.3) is 23.0 Å². The number of carbonyl (C=O) groups is 1. The van der Waals surface area contributed by atoms with Crippen LogP contribution in [-0.4, -0.2) is 27.5 Å². The van der Waals surface area contributed by atoms with E-state index in [1.165, 1.54) is 12.1 Å². The molecule has 1 aromatic heterocycles. The molecule has 0 aliphatic carbocycles. The number of nitrogens with two attached hydrogens (primary N) is 1. The van der Waals surface area contributed by atoms with Gasteiger partial charge in [-0.25, -0.2) is 9.78 Å². The highest BCUT2D eigenvalue weighted by molar-refractivity contribution is 6.05. The molecule has 0 aliphatic heterocycles. The van der Waals surface area contributed by atoms with Crippen LogP contribution in [0, 0.1) is 5.41 Å². The van der Waals surface area contributed by atoms with Crippen LogP contribution in [0.2, 0.25) is 0 Å². The summed E-state index contributed by atoms with van der Waals surface area (Å²) in [5, 5.41) is 8.29. The molecular formula is C18H13F3N4O2. The maximum absolute atomic E-state index is 12.6.